The highest BCUT2D eigenvalue weighted by molar-refractivity contribution is 5.75. The van der Waals surface area contributed by atoms with Crippen LogP contribution in [-0.2, 0) is 9.59 Å². The number of para-hydroxylation sites is 1. The van der Waals surface area contributed by atoms with E-state index < -0.39 is 38.9 Å². The normalized spacial score (nSPS) is 10.1. The minimum atomic E-state index is -0.979. The number of nitro groups is 2. The number of carbonyl (C=O) groups excluding carboxylic acids is 1. The molecule has 0 unspecified atom stereocenters. The molecule has 0 radical (unpaired) electrons. The molecule has 1 N–H and O–H groups in total. The van der Waals surface area contributed by atoms with Crippen molar-refractivity contribution in [3.05, 3.63) is 38.4 Å². The molecule has 124 valence electrons. The molecule has 0 amide bonds. The number of esters is 1. The van der Waals surface area contributed by atoms with E-state index in [2.05, 4.69) is 0 Å². The van der Waals surface area contributed by atoms with E-state index >= 15 is 0 Å². The van der Waals surface area contributed by atoms with Crippen molar-refractivity contribution in [2.75, 3.05) is 0 Å². The van der Waals surface area contributed by atoms with Crippen molar-refractivity contribution in [2.24, 2.45) is 0 Å². The van der Waals surface area contributed by atoms with E-state index in [-0.39, 0.29) is 12.8 Å². The molecule has 0 saturated heterocycles. The van der Waals surface area contributed by atoms with Crippen LogP contribution in [0.2, 0.25) is 0 Å². The lowest BCUT2D eigenvalue weighted by molar-refractivity contribution is -0.423. The Labute approximate surface area is 130 Å². The zero-order valence-corrected chi connectivity index (χ0v) is 12.0. The third-order valence-corrected chi connectivity index (χ3v) is 2.85. The summed E-state index contributed by atoms with van der Waals surface area (Å²) < 4.78 is 4.82. The molecule has 1 aromatic carbocycles. The molecule has 0 aliphatic rings. The van der Waals surface area contributed by atoms with Crippen molar-refractivity contribution in [3.63, 3.8) is 0 Å². The van der Waals surface area contributed by atoms with Gasteiger partial charge in [-0.1, -0.05) is 12.5 Å². The van der Waals surface area contributed by atoms with Gasteiger partial charge < -0.3 is 9.84 Å². The van der Waals surface area contributed by atoms with E-state index in [1.807, 2.05) is 0 Å². The van der Waals surface area contributed by atoms with Gasteiger partial charge >= 0.3 is 23.3 Å². The molecule has 23 heavy (non-hydrogen) atoms. The number of hydrogen-bond donors (Lipinski definition) is 1. The van der Waals surface area contributed by atoms with Gasteiger partial charge in [-0.05, 0) is 18.9 Å². The second-order valence-corrected chi connectivity index (χ2v) is 4.57. The molecule has 0 aliphatic carbocycles. The Kier molecular flexibility index (Phi) is 6.59. The van der Waals surface area contributed by atoms with Crippen LogP contribution in [-0.4, -0.2) is 26.9 Å². The Bertz CT molecular complexity index is 628. The molecule has 1 rings (SSSR count). The number of hydrogen-bond acceptors (Lipinski definition) is 7. The summed E-state index contributed by atoms with van der Waals surface area (Å²) in [6.45, 7) is 0. The van der Waals surface area contributed by atoms with E-state index in [9.17, 15) is 29.8 Å². The molecule has 0 fully saturated rings. The van der Waals surface area contributed by atoms with E-state index in [0.717, 1.165) is 12.1 Å². The van der Waals surface area contributed by atoms with Gasteiger partial charge in [0.1, 0.15) is 0 Å². The van der Waals surface area contributed by atoms with Crippen LogP contribution < -0.4 is 4.74 Å². The average molecular weight is 326 g/mol. The van der Waals surface area contributed by atoms with Gasteiger partial charge in [0.05, 0.1) is 9.85 Å². The van der Waals surface area contributed by atoms with Crippen LogP contribution in [0.4, 0.5) is 11.4 Å². The number of carboxylic acids is 1. The first kappa shape index (κ1) is 18.0. The van der Waals surface area contributed by atoms with Crippen LogP contribution in [0.5, 0.6) is 5.75 Å². The van der Waals surface area contributed by atoms with Crippen molar-refractivity contribution in [1.29, 1.82) is 0 Å². The lowest BCUT2D eigenvalue weighted by atomic mass is 10.1. The van der Waals surface area contributed by atoms with Gasteiger partial charge in [-0.25, -0.2) is 0 Å². The molecule has 1 aromatic rings. The van der Waals surface area contributed by atoms with Crippen molar-refractivity contribution in [2.45, 2.75) is 32.1 Å². The summed E-state index contributed by atoms with van der Waals surface area (Å²) in [5.41, 5.74) is -1.64. The Morgan fingerprint density at radius 3 is 2.26 bits per heavy atom. The zero-order chi connectivity index (χ0) is 17.4. The van der Waals surface area contributed by atoms with Crippen LogP contribution in [0, 0.1) is 20.2 Å². The summed E-state index contributed by atoms with van der Waals surface area (Å²) in [6.07, 6.45) is 1.16. The standard InChI is InChI=1S/C13H14N2O8/c16-11(17)7-2-1-3-8-12(18)23-10-6-4-5-9(14(19)20)13(10)15(21)22/h4-6H,1-3,7-8H2,(H,16,17). The van der Waals surface area contributed by atoms with Crippen LogP contribution in [0.3, 0.4) is 0 Å². The Morgan fingerprint density at radius 2 is 1.70 bits per heavy atom. The summed E-state index contributed by atoms with van der Waals surface area (Å²) >= 11 is 0. The first-order valence-corrected chi connectivity index (χ1v) is 6.67. The number of nitrogens with zero attached hydrogens (tertiary/aromatic N) is 2. The molecule has 0 heterocycles. The predicted molar refractivity (Wildman–Crippen MR) is 76.1 cm³/mol. The van der Waals surface area contributed by atoms with E-state index in [1.165, 1.54) is 6.07 Å². The van der Waals surface area contributed by atoms with Gasteiger partial charge in [0, 0.05) is 18.9 Å². The Morgan fingerprint density at radius 1 is 1.04 bits per heavy atom. The summed E-state index contributed by atoms with van der Waals surface area (Å²) in [5.74, 6) is -2.19. The molecule has 0 atom stereocenters. The molecule has 0 bridgehead atoms. The molecule has 0 saturated carbocycles. The monoisotopic (exact) mass is 326 g/mol. The Hall–Kier alpha value is -3.04. The van der Waals surface area contributed by atoms with Crippen LogP contribution in [0.15, 0.2) is 18.2 Å². The quantitative estimate of drug-likeness (QED) is 0.239. The maximum absolute atomic E-state index is 11.6. The Balaban J connectivity index is 2.68. The predicted octanol–water partition coefficient (Wildman–Crippen LogP) is 2.44. The zero-order valence-electron chi connectivity index (χ0n) is 12.0. The third kappa shape index (κ3) is 5.69. The number of rotatable bonds is 9. The summed E-state index contributed by atoms with van der Waals surface area (Å²) in [6, 6.07) is 3.23. The first-order chi connectivity index (χ1) is 10.8. The van der Waals surface area contributed by atoms with Crippen molar-refractivity contribution < 1.29 is 29.3 Å². The number of carbonyl (C=O) groups is 2. The van der Waals surface area contributed by atoms with Crippen LogP contribution in [0.1, 0.15) is 32.1 Å². The highest BCUT2D eigenvalue weighted by Gasteiger charge is 2.30. The molecule has 0 aliphatic heterocycles. The topological polar surface area (TPSA) is 150 Å². The fraction of sp³-hybridized carbons (Fsp3) is 0.385. The average Bonchev–Trinajstić information content (AvgIpc) is 2.45. The highest BCUT2D eigenvalue weighted by Crippen LogP contribution is 2.36. The van der Waals surface area contributed by atoms with Gasteiger partial charge in [0.25, 0.3) is 0 Å². The molecule has 0 aromatic heterocycles. The highest BCUT2D eigenvalue weighted by atomic mass is 16.6. The lowest BCUT2D eigenvalue weighted by Crippen LogP contribution is -2.10. The first-order valence-electron chi connectivity index (χ1n) is 6.67. The van der Waals surface area contributed by atoms with Gasteiger partial charge in [-0.15, -0.1) is 0 Å². The fourth-order valence-corrected chi connectivity index (χ4v) is 1.82. The number of unbranched alkanes of at least 4 members (excludes halogenated alkanes) is 2. The molecular weight excluding hydrogens is 312 g/mol. The number of aliphatic carboxylic acids is 1. The van der Waals surface area contributed by atoms with E-state index in [1.54, 1.807) is 0 Å². The second-order valence-electron chi connectivity index (χ2n) is 4.57. The van der Waals surface area contributed by atoms with Crippen molar-refractivity contribution >= 4 is 23.3 Å². The lowest BCUT2D eigenvalue weighted by Gasteiger charge is -2.05. The molecule has 0 spiro atoms. The summed E-state index contributed by atoms with van der Waals surface area (Å²) in [5, 5.41) is 30.2. The van der Waals surface area contributed by atoms with E-state index in [4.69, 9.17) is 9.84 Å². The minimum absolute atomic E-state index is 0.00853. The van der Waals surface area contributed by atoms with Gasteiger partial charge in [0.15, 0.2) is 0 Å². The largest absolute Gasteiger partial charge is 0.481 e. The minimum Gasteiger partial charge on any atom is -0.481 e. The van der Waals surface area contributed by atoms with Crippen LogP contribution in [0.25, 0.3) is 0 Å². The summed E-state index contributed by atoms with van der Waals surface area (Å²) in [7, 11) is 0. The maximum atomic E-state index is 11.6. The number of ether oxygens (including phenoxy) is 1. The number of benzene rings is 1. The number of nitro benzene ring substituents is 2. The van der Waals surface area contributed by atoms with Crippen LogP contribution >= 0.6 is 0 Å². The fourth-order valence-electron chi connectivity index (χ4n) is 1.82. The molecular formula is C13H14N2O8. The van der Waals surface area contributed by atoms with Gasteiger partial charge in [0.2, 0.25) is 5.75 Å². The molecule has 10 nitrogen and oxygen atoms in total. The summed E-state index contributed by atoms with van der Waals surface area (Å²) in [4.78, 5) is 41.8. The second kappa shape index (κ2) is 8.41. The van der Waals surface area contributed by atoms with Crippen molar-refractivity contribution in [1.82, 2.24) is 0 Å². The number of carboxylic acid groups (broad SMARTS) is 1. The van der Waals surface area contributed by atoms with Crippen molar-refractivity contribution in [3.8, 4) is 5.75 Å². The SMILES string of the molecule is O=C(O)CCCCCC(=O)Oc1cccc([N+](=O)[O-])c1[N+](=O)[O-]. The van der Waals surface area contributed by atoms with Gasteiger partial charge in [-0.3, -0.25) is 29.8 Å². The smallest absolute Gasteiger partial charge is 0.388 e. The third-order valence-electron chi connectivity index (χ3n) is 2.85. The van der Waals surface area contributed by atoms with E-state index in [0.29, 0.717) is 19.3 Å². The molecule has 10 heteroatoms. The van der Waals surface area contributed by atoms with Gasteiger partial charge in [-0.2, -0.15) is 0 Å². The maximum Gasteiger partial charge on any atom is 0.388 e.